The standard InChI is InChI=1S/C17H19O3P.2C2H6/c1-3-17(2,12-18)21(19)16-11-7-5-9-14(16)13-8-4-6-10-15(13)20-21;2*1-2/h4-11,18H,3,12H2,1-2H3;2*1-2H3. The van der Waals surface area contributed by atoms with E-state index in [1.165, 1.54) is 0 Å². The first-order chi connectivity index (χ1) is 12.1. The third kappa shape index (κ3) is 3.68. The zero-order valence-electron chi connectivity index (χ0n) is 16.2. The van der Waals surface area contributed by atoms with Crippen molar-refractivity contribution in [3.8, 4) is 16.9 Å². The molecule has 2 atom stereocenters. The molecule has 0 saturated carbocycles. The summed E-state index contributed by atoms with van der Waals surface area (Å²) in [5.74, 6) is 0.632. The smallest absolute Gasteiger partial charge is 0.285 e. The number of hydrogen-bond donors (Lipinski definition) is 1. The number of fused-ring (bicyclic) bond motifs is 3. The summed E-state index contributed by atoms with van der Waals surface area (Å²) in [6.07, 6.45) is 0.581. The maximum atomic E-state index is 13.7. The lowest BCUT2D eigenvalue weighted by Crippen LogP contribution is -2.37. The molecule has 1 aliphatic rings. The first-order valence-electron chi connectivity index (χ1n) is 9.15. The molecule has 1 heterocycles. The van der Waals surface area contributed by atoms with Crippen LogP contribution in [-0.4, -0.2) is 16.9 Å². The van der Waals surface area contributed by atoms with E-state index in [4.69, 9.17) is 4.52 Å². The summed E-state index contributed by atoms with van der Waals surface area (Å²) in [6.45, 7) is 11.6. The molecule has 0 aromatic heterocycles. The van der Waals surface area contributed by atoms with Gasteiger partial charge in [0.05, 0.1) is 17.1 Å². The first kappa shape index (κ1) is 21.5. The average Bonchev–Trinajstić information content (AvgIpc) is 2.70. The number of benzene rings is 2. The number of hydrogen-bond acceptors (Lipinski definition) is 3. The number of aliphatic hydroxyl groups excluding tert-OH is 1. The summed E-state index contributed by atoms with van der Waals surface area (Å²) in [5.41, 5.74) is 1.90. The summed E-state index contributed by atoms with van der Waals surface area (Å²) in [7, 11) is -3.21. The minimum Gasteiger partial charge on any atom is -0.439 e. The molecule has 2 unspecified atom stereocenters. The molecule has 2 aromatic rings. The molecule has 0 saturated heterocycles. The van der Waals surface area contributed by atoms with E-state index in [-0.39, 0.29) is 6.61 Å². The monoisotopic (exact) mass is 362 g/mol. The molecule has 0 amide bonds. The van der Waals surface area contributed by atoms with Crippen molar-refractivity contribution in [1.82, 2.24) is 0 Å². The Morgan fingerprint density at radius 3 is 2.04 bits per heavy atom. The maximum Gasteiger partial charge on any atom is 0.285 e. The molecule has 0 radical (unpaired) electrons. The number of aliphatic hydroxyl groups is 1. The van der Waals surface area contributed by atoms with Crippen LogP contribution in [0.1, 0.15) is 48.0 Å². The quantitative estimate of drug-likeness (QED) is 0.695. The van der Waals surface area contributed by atoms with Crippen LogP contribution in [0.4, 0.5) is 0 Å². The van der Waals surface area contributed by atoms with Crippen molar-refractivity contribution >= 4 is 12.7 Å². The van der Waals surface area contributed by atoms with Gasteiger partial charge in [-0.25, -0.2) is 0 Å². The Balaban J connectivity index is 0.000000730. The van der Waals surface area contributed by atoms with Gasteiger partial charge in [-0.1, -0.05) is 71.0 Å². The summed E-state index contributed by atoms with van der Waals surface area (Å²) in [5, 5.41) is 9.75. The van der Waals surface area contributed by atoms with Crippen molar-refractivity contribution in [2.45, 2.75) is 53.1 Å². The van der Waals surface area contributed by atoms with Gasteiger partial charge in [-0.15, -0.1) is 0 Å². The zero-order chi connectivity index (χ0) is 19.1. The van der Waals surface area contributed by atoms with Crippen molar-refractivity contribution in [2.24, 2.45) is 0 Å². The molecule has 0 aliphatic carbocycles. The lowest BCUT2D eigenvalue weighted by Gasteiger charge is -2.39. The SMILES string of the molecule is CC.CC.CCC(C)(CO)P1(=O)Oc2ccccc2-c2ccccc21. The highest BCUT2D eigenvalue weighted by Crippen LogP contribution is 2.63. The van der Waals surface area contributed by atoms with Crippen LogP contribution >= 0.6 is 7.37 Å². The Morgan fingerprint density at radius 1 is 0.960 bits per heavy atom. The maximum absolute atomic E-state index is 13.7. The largest absolute Gasteiger partial charge is 0.439 e. The first-order valence-corrected chi connectivity index (χ1v) is 10.8. The van der Waals surface area contributed by atoms with Gasteiger partial charge in [0.1, 0.15) is 5.75 Å². The Kier molecular flexibility index (Phi) is 7.92. The molecule has 0 fully saturated rings. The van der Waals surface area contributed by atoms with E-state index in [0.29, 0.717) is 17.5 Å². The van der Waals surface area contributed by atoms with Crippen LogP contribution in [0.5, 0.6) is 5.75 Å². The molecule has 3 nitrogen and oxygen atoms in total. The van der Waals surface area contributed by atoms with Crippen molar-refractivity contribution in [2.75, 3.05) is 6.61 Å². The summed E-state index contributed by atoms with van der Waals surface area (Å²) in [4.78, 5) is 0. The van der Waals surface area contributed by atoms with E-state index >= 15 is 0 Å². The van der Waals surface area contributed by atoms with Gasteiger partial charge in [-0.05, 0) is 31.0 Å². The molecule has 138 valence electrons. The fourth-order valence-electron chi connectivity index (χ4n) is 2.73. The van der Waals surface area contributed by atoms with Crippen molar-refractivity contribution in [1.29, 1.82) is 0 Å². The van der Waals surface area contributed by atoms with Gasteiger partial charge < -0.3 is 9.63 Å². The second kappa shape index (κ2) is 9.22. The fraction of sp³-hybridized carbons (Fsp3) is 0.429. The molecule has 1 N–H and O–H groups in total. The Hall–Kier alpha value is -1.57. The van der Waals surface area contributed by atoms with E-state index in [2.05, 4.69) is 0 Å². The van der Waals surface area contributed by atoms with Gasteiger partial charge >= 0.3 is 0 Å². The van der Waals surface area contributed by atoms with Crippen LogP contribution in [-0.2, 0) is 4.57 Å². The molecular formula is C21H31O3P. The van der Waals surface area contributed by atoms with Gasteiger partial charge in [0.2, 0.25) is 0 Å². The molecule has 25 heavy (non-hydrogen) atoms. The molecule has 4 heteroatoms. The second-order valence-electron chi connectivity index (χ2n) is 5.66. The van der Waals surface area contributed by atoms with Crippen LogP contribution in [0.15, 0.2) is 48.5 Å². The molecule has 1 aliphatic heterocycles. The molecule has 0 bridgehead atoms. The highest BCUT2D eigenvalue weighted by Gasteiger charge is 2.50. The van der Waals surface area contributed by atoms with Gasteiger partial charge in [0.25, 0.3) is 7.37 Å². The molecule has 0 spiro atoms. The van der Waals surface area contributed by atoms with E-state index in [1.54, 1.807) is 0 Å². The van der Waals surface area contributed by atoms with Crippen LogP contribution in [0.3, 0.4) is 0 Å². The fourth-order valence-corrected chi connectivity index (χ4v) is 5.46. The van der Waals surface area contributed by atoms with Gasteiger partial charge in [-0.3, -0.25) is 4.57 Å². The third-order valence-corrected chi connectivity index (χ3v) is 7.80. The third-order valence-electron chi connectivity index (χ3n) is 4.44. The Morgan fingerprint density at radius 2 is 1.48 bits per heavy atom. The highest BCUT2D eigenvalue weighted by atomic mass is 31.2. The average molecular weight is 362 g/mol. The van der Waals surface area contributed by atoms with Crippen LogP contribution in [0, 0.1) is 0 Å². The molecule has 2 aromatic carbocycles. The topological polar surface area (TPSA) is 46.5 Å². The van der Waals surface area contributed by atoms with Crippen LogP contribution < -0.4 is 9.83 Å². The lowest BCUT2D eigenvalue weighted by atomic mass is 10.0. The van der Waals surface area contributed by atoms with Crippen LogP contribution in [0.25, 0.3) is 11.1 Å². The lowest BCUT2D eigenvalue weighted by molar-refractivity contribution is 0.238. The summed E-state index contributed by atoms with van der Waals surface area (Å²) >= 11 is 0. The van der Waals surface area contributed by atoms with Crippen LogP contribution in [0.2, 0.25) is 0 Å². The minimum atomic E-state index is -3.21. The minimum absolute atomic E-state index is 0.169. The Labute approximate surface area is 152 Å². The van der Waals surface area contributed by atoms with E-state index in [1.807, 2.05) is 90.1 Å². The highest BCUT2D eigenvalue weighted by molar-refractivity contribution is 7.69. The van der Waals surface area contributed by atoms with Gasteiger partial charge in [0.15, 0.2) is 0 Å². The normalized spacial score (nSPS) is 19.5. The van der Waals surface area contributed by atoms with Crippen molar-refractivity contribution in [3.63, 3.8) is 0 Å². The van der Waals surface area contributed by atoms with E-state index in [0.717, 1.165) is 11.1 Å². The van der Waals surface area contributed by atoms with E-state index < -0.39 is 12.5 Å². The van der Waals surface area contributed by atoms with E-state index in [9.17, 15) is 9.67 Å². The molecular weight excluding hydrogens is 331 g/mol. The molecule has 3 rings (SSSR count). The van der Waals surface area contributed by atoms with Gasteiger partial charge in [0, 0.05) is 5.56 Å². The number of rotatable bonds is 3. The van der Waals surface area contributed by atoms with Crippen molar-refractivity contribution < 1.29 is 14.2 Å². The van der Waals surface area contributed by atoms with Crippen molar-refractivity contribution in [3.05, 3.63) is 48.5 Å². The predicted octanol–water partition coefficient (Wildman–Crippen LogP) is 5.86. The zero-order valence-corrected chi connectivity index (χ0v) is 17.1. The Bertz CT molecular complexity index is 721. The number of para-hydroxylation sites is 1. The summed E-state index contributed by atoms with van der Waals surface area (Å²) in [6, 6.07) is 15.3. The second-order valence-corrected chi connectivity index (χ2v) is 8.51. The van der Waals surface area contributed by atoms with Gasteiger partial charge in [-0.2, -0.15) is 0 Å². The predicted molar refractivity (Wildman–Crippen MR) is 108 cm³/mol. The summed E-state index contributed by atoms with van der Waals surface area (Å²) < 4.78 is 19.7.